The molecule has 2 N–H and O–H groups in total. The largest absolute Gasteiger partial charge is 0.497 e. The van der Waals surface area contributed by atoms with E-state index in [1.807, 2.05) is 24.3 Å². The molecule has 0 saturated heterocycles. The van der Waals surface area contributed by atoms with Crippen molar-refractivity contribution < 1.29 is 14.3 Å². The SMILES string of the molecule is COc1ccc(CNC(=O)NC(=O)c2ccccc2)cc1. The van der Waals surface area contributed by atoms with Gasteiger partial charge in [-0.2, -0.15) is 0 Å². The monoisotopic (exact) mass is 284 g/mol. The van der Waals surface area contributed by atoms with E-state index in [-0.39, 0.29) is 0 Å². The van der Waals surface area contributed by atoms with Crippen molar-refractivity contribution >= 4 is 11.9 Å². The molecule has 3 amide bonds. The van der Waals surface area contributed by atoms with Gasteiger partial charge in [0.2, 0.25) is 0 Å². The Kier molecular flexibility index (Phi) is 4.93. The summed E-state index contributed by atoms with van der Waals surface area (Å²) in [6.45, 7) is 0.331. The fraction of sp³-hybridized carbons (Fsp3) is 0.125. The fourth-order valence-electron chi connectivity index (χ4n) is 1.73. The summed E-state index contributed by atoms with van der Waals surface area (Å²) in [5, 5.41) is 4.90. The van der Waals surface area contributed by atoms with Gasteiger partial charge in [0.05, 0.1) is 7.11 Å². The molecular weight excluding hydrogens is 268 g/mol. The molecule has 0 aliphatic heterocycles. The quantitative estimate of drug-likeness (QED) is 0.905. The Morgan fingerprint density at radius 2 is 1.67 bits per heavy atom. The van der Waals surface area contributed by atoms with Crippen LogP contribution in [0.2, 0.25) is 0 Å². The second-order valence-electron chi connectivity index (χ2n) is 4.35. The summed E-state index contributed by atoms with van der Waals surface area (Å²) in [6.07, 6.45) is 0. The minimum atomic E-state index is -0.528. The van der Waals surface area contributed by atoms with E-state index < -0.39 is 11.9 Å². The Balaban J connectivity index is 1.83. The van der Waals surface area contributed by atoms with Gasteiger partial charge in [0.1, 0.15) is 5.75 Å². The molecule has 0 unspecified atom stereocenters. The fourth-order valence-corrected chi connectivity index (χ4v) is 1.73. The van der Waals surface area contributed by atoms with Crippen molar-refractivity contribution in [1.82, 2.24) is 10.6 Å². The normalized spacial score (nSPS) is 9.76. The number of urea groups is 1. The number of carbonyl (C=O) groups is 2. The van der Waals surface area contributed by atoms with Crippen LogP contribution in [0.3, 0.4) is 0 Å². The minimum absolute atomic E-state index is 0.331. The van der Waals surface area contributed by atoms with Crippen LogP contribution in [-0.2, 0) is 6.54 Å². The summed E-state index contributed by atoms with van der Waals surface area (Å²) in [5.41, 5.74) is 1.36. The number of rotatable bonds is 4. The molecule has 0 radical (unpaired) electrons. The maximum absolute atomic E-state index is 11.8. The van der Waals surface area contributed by atoms with Crippen LogP contribution in [0, 0.1) is 0 Å². The van der Waals surface area contributed by atoms with Crippen LogP contribution >= 0.6 is 0 Å². The second kappa shape index (κ2) is 7.09. The molecule has 0 bridgehead atoms. The number of methoxy groups -OCH3 is 1. The van der Waals surface area contributed by atoms with E-state index in [9.17, 15) is 9.59 Å². The van der Waals surface area contributed by atoms with Crippen molar-refractivity contribution in [2.75, 3.05) is 7.11 Å². The van der Waals surface area contributed by atoms with Gasteiger partial charge in [0, 0.05) is 12.1 Å². The highest BCUT2D eigenvalue weighted by molar-refractivity contribution is 6.04. The van der Waals surface area contributed by atoms with Gasteiger partial charge in [0.15, 0.2) is 0 Å². The highest BCUT2D eigenvalue weighted by atomic mass is 16.5. The van der Waals surface area contributed by atoms with Crippen LogP contribution in [0.25, 0.3) is 0 Å². The lowest BCUT2D eigenvalue weighted by Gasteiger charge is -2.07. The maximum Gasteiger partial charge on any atom is 0.321 e. The minimum Gasteiger partial charge on any atom is -0.497 e. The van der Waals surface area contributed by atoms with Gasteiger partial charge < -0.3 is 10.1 Å². The third-order valence-electron chi connectivity index (χ3n) is 2.88. The predicted octanol–water partition coefficient (Wildman–Crippen LogP) is 2.33. The van der Waals surface area contributed by atoms with Gasteiger partial charge in [-0.25, -0.2) is 4.79 Å². The van der Waals surface area contributed by atoms with Crippen molar-refractivity contribution in [3.63, 3.8) is 0 Å². The number of imide groups is 1. The van der Waals surface area contributed by atoms with E-state index >= 15 is 0 Å². The molecule has 0 atom stereocenters. The zero-order valence-electron chi connectivity index (χ0n) is 11.6. The van der Waals surface area contributed by atoms with Gasteiger partial charge in [-0.1, -0.05) is 30.3 Å². The van der Waals surface area contributed by atoms with Crippen LogP contribution in [0.1, 0.15) is 15.9 Å². The van der Waals surface area contributed by atoms with Gasteiger partial charge in [-0.3, -0.25) is 10.1 Å². The number of hydrogen-bond acceptors (Lipinski definition) is 3. The lowest BCUT2D eigenvalue weighted by Crippen LogP contribution is -2.39. The molecular formula is C16H16N2O3. The molecule has 2 aromatic rings. The molecule has 0 spiro atoms. The predicted molar refractivity (Wildman–Crippen MR) is 79.1 cm³/mol. The first kappa shape index (κ1) is 14.6. The Morgan fingerprint density at radius 1 is 1.00 bits per heavy atom. The maximum atomic E-state index is 11.8. The zero-order valence-corrected chi connectivity index (χ0v) is 11.6. The number of ether oxygens (including phenoxy) is 1. The molecule has 0 aliphatic rings. The molecule has 108 valence electrons. The average molecular weight is 284 g/mol. The van der Waals surface area contributed by atoms with Crippen molar-refractivity contribution in [3.8, 4) is 5.75 Å². The van der Waals surface area contributed by atoms with E-state index in [1.165, 1.54) is 0 Å². The first-order chi connectivity index (χ1) is 10.2. The standard InChI is InChI=1S/C16H16N2O3/c1-21-14-9-7-12(8-10-14)11-17-16(20)18-15(19)13-5-3-2-4-6-13/h2-10H,11H2,1H3,(H2,17,18,19,20). The van der Waals surface area contributed by atoms with Crippen LogP contribution in [0.15, 0.2) is 54.6 Å². The number of carbonyl (C=O) groups excluding carboxylic acids is 2. The van der Waals surface area contributed by atoms with E-state index in [0.717, 1.165) is 11.3 Å². The molecule has 0 heterocycles. The molecule has 21 heavy (non-hydrogen) atoms. The Morgan fingerprint density at radius 3 is 2.29 bits per heavy atom. The molecule has 2 aromatic carbocycles. The van der Waals surface area contributed by atoms with E-state index in [1.54, 1.807) is 37.4 Å². The van der Waals surface area contributed by atoms with Gasteiger partial charge in [0.25, 0.3) is 5.91 Å². The van der Waals surface area contributed by atoms with E-state index in [0.29, 0.717) is 12.1 Å². The number of amides is 3. The van der Waals surface area contributed by atoms with E-state index in [2.05, 4.69) is 10.6 Å². The highest BCUT2D eigenvalue weighted by Gasteiger charge is 2.09. The van der Waals surface area contributed by atoms with Crippen LogP contribution in [-0.4, -0.2) is 19.0 Å². The second-order valence-corrected chi connectivity index (χ2v) is 4.35. The van der Waals surface area contributed by atoms with Crippen molar-refractivity contribution in [1.29, 1.82) is 0 Å². The Labute approximate surface area is 122 Å². The van der Waals surface area contributed by atoms with Gasteiger partial charge in [-0.05, 0) is 29.8 Å². The third-order valence-corrected chi connectivity index (χ3v) is 2.88. The summed E-state index contributed by atoms with van der Waals surface area (Å²) in [4.78, 5) is 23.4. The first-order valence-electron chi connectivity index (χ1n) is 6.46. The number of benzene rings is 2. The van der Waals surface area contributed by atoms with E-state index in [4.69, 9.17) is 4.74 Å². The molecule has 0 aromatic heterocycles. The zero-order chi connectivity index (χ0) is 15.1. The molecule has 0 saturated carbocycles. The summed E-state index contributed by atoms with van der Waals surface area (Å²) in [6, 6.07) is 15.4. The molecule has 5 heteroatoms. The topological polar surface area (TPSA) is 67.4 Å². The van der Waals surface area contributed by atoms with Gasteiger partial charge >= 0.3 is 6.03 Å². The highest BCUT2D eigenvalue weighted by Crippen LogP contribution is 2.10. The van der Waals surface area contributed by atoms with Crippen molar-refractivity contribution in [2.24, 2.45) is 0 Å². The molecule has 2 rings (SSSR count). The van der Waals surface area contributed by atoms with Crippen molar-refractivity contribution in [3.05, 3.63) is 65.7 Å². The van der Waals surface area contributed by atoms with Crippen molar-refractivity contribution in [2.45, 2.75) is 6.54 Å². The van der Waals surface area contributed by atoms with Crippen LogP contribution < -0.4 is 15.4 Å². The number of hydrogen-bond donors (Lipinski definition) is 2. The molecule has 5 nitrogen and oxygen atoms in total. The lowest BCUT2D eigenvalue weighted by atomic mass is 10.2. The van der Waals surface area contributed by atoms with Crippen LogP contribution in [0.5, 0.6) is 5.75 Å². The van der Waals surface area contributed by atoms with Gasteiger partial charge in [-0.15, -0.1) is 0 Å². The summed E-state index contributed by atoms with van der Waals surface area (Å²) >= 11 is 0. The number of nitrogens with one attached hydrogen (secondary N) is 2. The molecule has 0 fully saturated rings. The first-order valence-corrected chi connectivity index (χ1v) is 6.46. The smallest absolute Gasteiger partial charge is 0.321 e. The summed E-state index contributed by atoms with van der Waals surface area (Å²) < 4.78 is 5.05. The average Bonchev–Trinajstić information content (AvgIpc) is 2.54. The summed E-state index contributed by atoms with van der Waals surface area (Å²) in [7, 11) is 1.59. The Hall–Kier alpha value is -2.82. The lowest BCUT2D eigenvalue weighted by molar-refractivity contribution is 0.0964. The van der Waals surface area contributed by atoms with Crippen LogP contribution in [0.4, 0.5) is 4.79 Å². The Bertz CT molecular complexity index is 609. The third kappa shape index (κ3) is 4.35. The summed E-state index contributed by atoms with van der Waals surface area (Å²) in [5.74, 6) is 0.324. The molecule has 0 aliphatic carbocycles.